The van der Waals surface area contributed by atoms with Gasteiger partial charge in [0.25, 0.3) is 0 Å². The van der Waals surface area contributed by atoms with Crippen molar-refractivity contribution in [2.45, 2.75) is 44.6 Å². The number of hydrogen-bond donors (Lipinski definition) is 1. The predicted octanol–water partition coefficient (Wildman–Crippen LogP) is 1.32. The predicted molar refractivity (Wildman–Crippen MR) is 85.4 cm³/mol. The monoisotopic (exact) mass is 303 g/mol. The van der Waals surface area contributed by atoms with Gasteiger partial charge in [0.05, 0.1) is 0 Å². The number of fused-ring (bicyclic) bond motifs is 3. The summed E-state index contributed by atoms with van der Waals surface area (Å²) in [4.78, 5) is 18.1. The van der Waals surface area contributed by atoms with Crippen LogP contribution >= 0.6 is 0 Å². The molecule has 22 heavy (non-hydrogen) atoms. The number of carbonyl (C=O) groups is 1. The Hall–Kier alpha value is -0.610. The van der Waals surface area contributed by atoms with Crippen molar-refractivity contribution in [3.63, 3.8) is 0 Å². The smallest absolute Gasteiger partial charge is 0.226 e. The van der Waals surface area contributed by atoms with Crippen LogP contribution in [0.2, 0.25) is 0 Å². The zero-order valence-corrected chi connectivity index (χ0v) is 13.6. The molecule has 0 aromatic carbocycles. The Balaban J connectivity index is 1.24. The summed E-state index contributed by atoms with van der Waals surface area (Å²) in [6.45, 7) is 6.85. The molecule has 0 radical (unpaired) electrons. The molecule has 0 spiro atoms. The Morgan fingerprint density at radius 1 is 0.955 bits per heavy atom. The van der Waals surface area contributed by atoms with Crippen molar-refractivity contribution < 1.29 is 4.79 Å². The number of piperazine rings is 3. The summed E-state index contributed by atoms with van der Waals surface area (Å²) in [5.74, 6) is 2.98. The molecule has 4 aliphatic carbocycles. The van der Waals surface area contributed by atoms with E-state index < -0.39 is 0 Å². The molecular formula is C18H29N3O. The Morgan fingerprint density at radius 3 is 2.05 bits per heavy atom. The van der Waals surface area contributed by atoms with Gasteiger partial charge in [0, 0.05) is 50.7 Å². The average molecular weight is 303 g/mol. The molecule has 1 amide bonds. The Kier molecular flexibility index (Phi) is 3.10. The number of nitrogens with zero attached hydrogens (tertiary/aromatic N) is 2. The van der Waals surface area contributed by atoms with E-state index in [-0.39, 0.29) is 5.41 Å². The second kappa shape index (κ2) is 4.94. The van der Waals surface area contributed by atoms with Crippen LogP contribution in [0.25, 0.3) is 0 Å². The third kappa shape index (κ3) is 2.14. The van der Waals surface area contributed by atoms with Crippen LogP contribution in [0.5, 0.6) is 0 Å². The molecule has 7 fully saturated rings. The Bertz CT molecular complexity index is 434. The lowest BCUT2D eigenvalue weighted by Gasteiger charge is -2.56. The molecule has 4 saturated carbocycles. The molecule has 0 aromatic heterocycles. The standard InChI is InChI=1S/C18H29N3O/c22-17(19-11-16-12-20-1-3-21(16)4-2-20)18-8-13-5-14(9-18)7-15(6-13)10-18/h13-16H,1-12H2,(H,19,22). The molecule has 1 atom stereocenters. The van der Waals surface area contributed by atoms with Crippen LogP contribution in [0.1, 0.15) is 38.5 Å². The highest BCUT2D eigenvalue weighted by molar-refractivity contribution is 5.83. The fourth-order valence-corrected chi connectivity index (χ4v) is 6.70. The van der Waals surface area contributed by atoms with Crippen LogP contribution in [0, 0.1) is 23.2 Å². The lowest BCUT2D eigenvalue weighted by atomic mass is 9.49. The van der Waals surface area contributed by atoms with Crippen LogP contribution in [0.4, 0.5) is 0 Å². The fraction of sp³-hybridized carbons (Fsp3) is 0.944. The van der Waals surface area contributed by atoms with Crippen molar-refractivity contribution in [1.29, 1.82) is 0 Å². The molecule has 6 bridgehead atoms. The molecule has 3 saturated heterocycles. The van der Waals surface area contributed by atoms with E-state index in [9.17, 15) is 4.79 Å². The number of nitrogens with one attached hydrogen (secondary N) is 1. The van der Waals surface area contributed by atoms with E-state index in [4.69, 9.17) is 0 Å². The molecule has 0 aromatic rings. The van der Waals surface area contributed by atoms with Crippen molar-refractivity contribution >= 4 is 5.91 Å². The highest BCUT2D eigenvalue weighted by Crippen LogP contribution is 2.60. The van der Waals surface area contributed by atoms with Crippen LogP contribution in [0.15, 0.2) is 0 Å². The molecule has 3 aliphatic heterocycles. The lowest BCUT2D eigenvalue weighted by molar-refractivity contribution is -0.146. The van der Waals surface area contributed by atoms with Crippen molar-refractivity contribution in [1.82, 2.24) is 15.1 Å². The summed E-state index contributed by atoms with van der Waals surface area (Å²) < 4.78 is 0. The first-order chi connectivity index (χ1) is 10.7. The topological polar surface area (TPSA) is 35.6 Å². The number of hydrogen-bond acceptors (Lipinski definition) is 3. The highest BCUT2D eigenvalue weighted by atomic mass is 16.2. The largest absolute Gasteiger partial charge is 0.354 e. The molecule has 1 unspecified atom stereocenters. The normalized spacial score (nSPS) is 52.0. The van der Waals surface area contributed by atoms with Crippen LogP contribution < -0.4 is 5.32 Å². The molecular weight excluding hydrogens is 274 g/mol. The van der Waals surface area contributed by atoms with E-state index in [0.29, 0.717) is 11.9 Å². The zero-order chi connectivity index (χ0) is 14.7. The van der Waals surface area contributed by atoms with Gasteiger partial charge in [-0.15, -0.1) is 0 Å². The van der Waals surface area contributed by atoms with Crippen molar-refractivity contribution in [2.24, 2.45) is 23.2 Å². The van der Waals surface area contributed by atoms with E-state index in [2.05, 4.69) is 15.1 Å². The fourth-order valence-electron chi connectivity index (χ4n) is 6.70. The van der Waals surface area contributed by atoms with Crippen LogP contribution in [0.3, 0.4) is 0 Å². The first-order valence-corrected chi connectivity index (χ1v) is 9.45. The van der Waals surface area contributed by atoms with Crippen LogP contribution in [-0.2, 0) is 4.79 Å². The third-order valence-electron chi connectivity index (χ3n) is 7.41. The number of amides is 1. The van der Waals surface area contributed by atoms with Gasteiger partial charge in [-0.3, -0.25) is 14.6 Å². The number of carbonyl (C=O) groups excluding carboxylic acids is 1. The molecule has 7 aliphatic rings. The van der Waals surface area contributed by atoms with E-state index in [1.165, 1.54) is 64.7 Å². The van der Waals surface area contributed by atoms with Gasteiger partial charge in [0.1, 0.15) is 0 Å². The minimum Gasteiger partial charge on any atom is -0.354 e. The SMILES string of the molecule is O=C(NCC1CN2CCN1CC2)C12CC3CC(CC(C3)C1)C2. The summed E-state index contributed by atoms with van der Waals surface area (Å²) >= 11 is 0. The van der Waals surface area contributed by atoms with Crippen LogP contribution in [-0.4, -0.2) is 61.0 Å². The first kappa shape index (κ1) is 13.8. The molecule has 4 heteroatoms. The quantitative estimate of drug-likeness (QED) is 0.854. The molecule has 3 heterocycles. The summed E-state index contributed by atoms with van der Waals surface area (Å²) in [6.07, 6.45) is 7.80. The Morgan fingerprint density at radius 2 is 1.55 bits per heavy atom. The maximum absolute atomic E-state index is 13.0. The van der Waals surface area contributed by atoms with Gasteiger partial charge in [0.15, 0.2) is 0 Å². The van der Waals surface area contributed by atoms with Gasteiger partial charge in [-0.2, -0.15) is 0 Å². The van der Waals surface area contributed by atoms with Gasteiger partial charge in [-0.05, 0) is 56.3 Å². The minimum atomic E-state index is 0.0258. The van der Waals surface area contributed by atoms with E-state index in [0.717, 1.165) is 30.8 Å². The van der Waals surface area contributed by atoms with Gasteiger partial charge < -0.3 is 5.32 Å². The van der Waals surface area contributed by atoms with E-state index in [1.54, 1.807) is 0 Å². The summed E-state index contributed by atoms with van der Waals surface area (Å²) in [7, 11) is 0. The van der Waals surface area contributed by atoms with Crippen molar-refractivity contribution in [3.05, 3.63) is 0 Å². The highest BCUT2D eigenvalue weighted by Gasteiger charge is 2.54. The molecule has 7 rings (SSSR count). The van der Waals surface area contributed by atoms with Gasteiger partial charge in [0.2, 0.25) is 5.91 Å². The van der Waals surface area contributed by atoms with Crippen molar-refractivity contribution in [2.75, 3.05) is 39.3 Å². The maximum Gasteiger partial charge on any atom is 0.226 e. The molecule has 1 N–H and O–H groups in total. The van der Waals surface area contributed by atoms with Crippen molar-refractivity contribution in [3.8, 4) is 0 Å². The second-order valence-corrected chi connectivity index (χ2v) is 8.90. The second-order valence-electron chi connectivity index (χ2n) is 8.90. The molecule has 122 valence electrons. The zero-order valence-electron chi connectivity index (χ0n) is 13.6. The maximum atomic E-state index is 13.0. The first-order valence-electron chi connectivity index (χ1n) is 9.45. The average Bonchev–Trinajstić information content (AvgIpc) is 2.52. The lowest BCUT2D eigenvalue weighted by Crippen LogP contribution is -2.64. The summed E-state index contributed by atoms with van der Waals surface area (Å²) in [5.41, 5.74) is 0.0258. The number of rotatable bonds is 3. The van der Waals surface area contributed by atoms with E-state index in [1.807, 2.05) is 0 Å². The van der Waals surface area contributed by atoms with Gasteiger partial charge >= 0.3 is 0 Å². The Labute approximate surface area is 133 Å². The third-order valence-corrected chi connectivity index (χ3v) is 7.41. The van der Waals surface area contributed by atoms with Gasteiger partial charge in [-0.1, -0.05) is 0 Å². The minimum absolute atomic E-state index is 0.0258. The molecule has 4 nitrogen and oxygen atoms in total. The van der Waals surface area contributed by atoms with Gasteiger partial charge in [-0.25, -0.2) is 0 Å². The van der Waals surface area contributed by atoms with E-state index >= 15 is 0 Å². The summed E-state index contributed by atoms with van der Waals surface area (Å²) in [6, 6.07) is 0.556. The summed E-state index contributed by atoms with van der Waals surface area (Å²) in [5, 5.41) is 3.39.